The van der Waals surface area contributed by atoms with Crippen LogP contribution >= 0.6 is 11.3 Å². The lowest BCUT2D eigenvalue weighted by atomic mass is 10.1. The molecule has 1 saturated carbocycles. The Hall–Kier alpha value is -2.25. The molecule has 0 radical (unpaired) electrons. The molecule has 0 N–H and O–H groups in total. The molecule has 7 heteroatoms. The fourth-order valence-corrected chi connectivity index (χ4v) is 5.02. The minimum absolute atomic E-state index is 0.192. The van der Waals surface area contributed by atoms with Gasteiger partial charge in [-0.15, -0.1) is 0 Å². The average molecular weight is 414 g/mol. The molecule has 1 atom stereocenters. The zero-order chi connectivity index (χ0) is 20.4. The molecule has 6 nitrogen and oxygen atoms in total. The van der Waals surface area contributed by atoms with Crippen LogP contribution in [0.5, 0.6) is 0 Å². The van der Waals surface area contributed by atoms with E-state index in [0.29, 0.717) is 18.4 Å². The molecule has 1 saturated heterocycles. The van der Waals surface area contributed by atoms with Crippen molar-refractivity contribution in [1.29, 1.82) is 0 Å². The van der Waals surface area contributed by atoms with Gasteiger partial charge in [0.15, 0.2) is 0 Å². The predicted molar refractivity (Wildman–Crippen MR) is 114 cm³/mol. The van der Waals surface area contributed by atoms with E-state index in [9.17, 15) is 14.9 Å². The third kappa shape index (κ3) is 5.22. The van der Waals surface area contributed by atoms with E-state index in [2.05, 4.69) is 36.1 Å². The Labute approximate surface area is 175 Å². The second-order valence-corrected chi connectivity index (χ2v) is 9.52. The summed E-state index contributed by atoms with van der Waals surface area (Å²) in [5.41, 5.74) is 2.48. The maximum Gasteiger partial charge on any atom is 0.324 e. The van der Waals surface area contributed by atoms with E-state index in [1.165, 1.54) is 22.5 Å². The first-order valence-corrected chi connectivity index (χ1v) is 11.1. The third-order valence-electron chi connectivity index (χ3n) is 5.74. The molecule has 1 aromatic carbocycles. The van der Waals surface area contributed by atoms with E-state index >= 15 is 0 Å². The lowest BCUT2D eigenvalue weighted by Gasteiger charge is -2.25. The van der Waals surface area contributed by atoms with Gasteiger partial charge in [-0.2, -0.15) is 0 Å². The highest BCUT2D eigenvalue weighted by molar-refractivity contribution is 7.15. The van der Waals surface area contributed by atoms with Crippen molar-refractivity contribution in [3.8, 4) is 0 Å². The molecular weight excluding hydrogens is 386 g/mol. The summed E-state index contributed by atoms with van der Waals surface area (Å²) in [5.74, 6) is 1.08. The Kier molecular flexibility index (Phi) is 5.96. The Morgan fingerprint density at radius 3 is 2.76 bits per heavy atom. The molecule has 1 aliphatic heterocycles. The number of hydrogen-bond acceptors (Lipinski definition) is 5. The van der Waals surface area contributed by atoms with Crippen molar-refractivity contribution in [3.05, 3.63) is 62.5 Å². The maximum absolute atomic E-state index is 12.4. The van der Waals surface area contributed by atoms with Crippen molar-refractivity contribution in [3.63, 3.8) is 0 Å². The highest BCUT2D eigenvalue weighted by atomic mass is 32.1. The van der Waals surface area contributed by atoms with Crippen LogP contribution in [0.2, 0.25) is 0 Å². The van der Waals surface area contributed by atoms with Crippen LogP contribution in [0.15, 0.2) is 36.4 Å². The number of carbonyl (C=O) groups is 1. The minimum atomic E-state index is -0.322. The lowest BCUT2D eigenvalue weighted by molar-refractivity contribution is -0.380. The van der Waals surface area contributed by atoms with Crippen molar-refractivity contribution in [2.24, 2.45) is 11.8 Å². The Morgan fingerprint density at radius 1 is 1.24 bits per heavy atom. The molecule has 1 aromatic heterocycles. The van der Waals surface area contributed by atoms with Crippen LogP contribution in [0.4, 0.5) is 5.00 Å². The lowest BCUT2D eigenvalue weighted by Crippen LogP contribution is -2.33. The van der Waals surface area contributed by atoms with Crippen molar-refractivity contribution in [2.45, 2.75) is 39.3 Å². The van der Waals surface area contributed by atoms with Crippen LogP contribution in [0.1, 0.15) is 35.3 Å². The summed E-state index contributed by atoms with van der Waals surface area (Å²) >= 11 is 1.25. The molecule has 0 spiro atoms. The Morgan fingerprint density at radius 2 is 2.07 bits per heavy atom. The molecular formula is C22H27N3O3S. The summed E-state index contributed by atoms with van der Waals surface area (Å²) in [4.78, 5) is 28.5. The number of rotatable bonds is 8. The molecule has 1 unspecified atom stereocenters. The van der Waals surface area contributed by atoms with Gasteiger partial charge in [-0.1, -0.05) is 41.2 Å². The number of carbonyl (C=O) groups excluding carboxylic acids is 1. The number of hydrogen-bond donors (Lipinski definition) is 0. The standard InChI is InChI=1S/C22H27N3O3S/c1-16-3-2-4-17(11-16)12-23(15-20-7-8-21(29-20)25(27)28)13-18-9-10-24(14-18)22(26)19-5-6-19/h2-4,7-8,11,18-19H,5-6,9-10,12-15H2,1H3. The molecule has 2 heterocycles. The number of aryl methyl sites for hydroxylation is 1. The summed E-state index contributed by atoms with van der Waals surface area (Å²) in [7, 11) is 0. The quantitative estimate of drug-likeness (QED) is 0.480. The fraction of sp³-hybridized carbons (Fsp3) is 0.500. The molecule has 4 rings (SSSR count). The van der Waals surface area contributed by atoms with Crippen molar-refractivity contribution in [1.82, 2.24) is 9.80 Å². The van der Waals surface area contributed by atoms with Crippen LogP contribution in [-0.4, -0.2) is 40.3 Å². The maximum atomic E-state index is 12.4. The first-order valence-electron chi connectivity index (χ1n) is 10.3. The smallest absolute Gasteiger partial charge is 0.324 e. The fourth-order valence-electron chi connectivity index (χ4n) is 4.16. The van der Waals surface area contributed by atoms with Crippen LogP contribution in [0, 0.1) is 28.9 Å². The van der Waals surface area contributed by atoms with E-state index in [4.69, 9.17) is 0 Å². The second-order valence-electron chi connectivity index (χ2n) is 8.37. The summed E-state index contributed by atoms with van der Waals surface area (Å²) in [6.45, 7) is 6.19. The third-order valence-corrected chi connectivity index (χ3v) is 6.76. The number of amides is 1. The molecule has 154 valence electrons. The topological polar surface area (TPSA) is 66.7 Å². The van der Waals surface area contributed by atoms with Gasteiger partial charge in [-0.25, -0.2) is 0 Å². The number of nitro groups is 1. The van der Waals surface area contributed by atoms with Crippen LogP contribution < -0.4 is 0 Å². The summed E-state index contributed by atoms with van der Waals surface area (Å²) < 4.78 is 0. The first kappa shape index (κ1) is 20.0. The SMILES string of the molecule is Cc1cccc(CN(Cc2ccc([N+](=O)[O-])s2)CC2CCN(C(=O)C3CC3)C2)c1. The van der Waals surface area contributed by atoms with Crippen LogP contribution in [0.25, 0.3) is 0 Å². The average Bonchev–Trinajstić information content (AvgIpc) is 3.24. The van der Waals surface area contributed by atoms with E-state index in [1.807, 2.05) is 11.0 Å². The molecule has 2 fully saturated rings. The normalized spacial score (nSPS) is 19.1. The van der Waals surface area contributed by atoms with Gasteiger partial charge < -0.3 is 4.90 Å². The summed E-state index contributed by atoms with van der Waals surface area (Å²) in [6.07, 6.45) is 3.14. The van der Waals surface area contributed by atoms with Gasteiger partial charge >= 0.3 is 5.00 Å². The van der Waals surface area contributed by atoms with Crippen molar-refractivity contribution < 1.29 is 9.72 Å². The monoisotopic (exact) mass is 413 g/mol. The molecule has 2 aliphatic rings. The summed E-state index contributed by atoms with van der Waals surface area (Å²) in [6, 6.07) is 12.0. The number of likely N-dealkylation sites (tertiary alicyclic amines) is 1. The highest BCUT2D eigenvalue weighted by Gasteiger charge is 2.36. The summed E-state index contributed by atoms with van der Waals surface area (Å²) in [5, 5.41) is 11.2. The second kappa shape index (κ2) is 8.63. The number of benzene rings is 1. The largest absolute Gasteiger partial charge is 0.342 e. The Bertz CT molecular complexity index is 893. The van der Waals surface area contributed by atoms with Crippen LogP contribution in [-0.2, 0) is 17.9 Å². The van der Waals surface area contributed by atoms with Gasteiger partial charge in [0.05, 0.1) is 4.92 Å². The molecule has 0 bridgehead atoms. The van der Waals surface area contributed by atoms with E-state index in [1.54, 1.807) is 6.07 Å². The van der Waals surface area contributed by atoms with Crippen molar-refractivity contribution in [2.75, 3.05) is 19.6 Å². The van der Waals surface area contributed by atoms with E-state index < -0.39 is 0 Å². The van der Waals surface area contributed by atoms with Gasteiger partial charge in [-0.05, 0) is 43.7 Å². The molecule has 1 amide bonds. The molecule has 2 aromatic rings. The zero-order valence-electron chi connectivity index (χ0n) is 16.8. The van der Waals surface area contributed by atoms with Gasteiger partial charge in [0.1, 0.15) is 0 Å². The predicted octanol–water partition coefficient (Wildman–Crippen LogP) is 4.23. The number of thiophene rings is 1. The van der Waals surface area contributed by atoms with E-state index in [-0.39, 0.29) is 15.8 Å². The first-order chi connectivity index (χ1) is 14.0. The molecule has 1 aliphatic carbocycles. The van der Waals surface area contributed by atoms with Crippen molar-refractivity contribution >= 4 is 22.2 Å². The van der Waals surface area contributed by atoms with Gasteiger partial charge in [0.25, 0.3) is 0 Å². The zero-order valence-corrected chi connectivity index (χ0v) is 17.6. The number of nitrogens with zero attached hydrogens (tertiary/aromatic N) is 3. The Balaban J connectivity index is 1.43. The van der Waals surface area contributed by atoms with Gasteiger partial charge in [0, 0.05) is 49.6 Å². The minimum Gasteiger partial charge on any atom is -0.342 e. The van der Waals surface area contributed by atoms with Gasteiger partial charge in [0.2, 0.25) is 5.91 Å². The van der Waals surface area contributed by atoms with Gasteiger partial charge in [-0.3, -0.25) is 19.8 Å². The molecule has 29 heavy (non-hydrogen) atoms. The van der Waals surface area contributed by atoms with Crippen LogP contribution in [0.3, 0.4) is 0 Å². The highest BCUT2D eigenvalue weighted by Crippen LogP contribution is 2.33. The van der Waals surface area contributed by atoms with E-state index in [0.717, 1.165) is 50.3 Å².